The number of aromatic nitrogens is 2. The molecule has 7 heteroatoms. The number of anilines is 1. The van der Waals surface area contributed by atoms with Crippen molar-refractivity contribution in [2.75, 3.05) is 18.4 Å². The van der Waals surface area contributed by atoms with Gasteiger partial charge in [0.2, 0.25) is 0 Å². The third-order valence-corrected chi connectivity index (χ3v) is 4.69. The van der Waals surface area contributed by atoms with Gasteiger partial charge in [-0.1, -0.05) is 36.4 Å². The highest BCUT2D eigenvalue weighted by Crippen LogP contribution is 2.14. The van der Waals surface area contributed by atoms with Crippen LogP contribution < -0.4 is 10.9 Å². The fourth-order valence-electron chi connectivity index (χ4n) is 3.06. The summed E-state index contributed by atoms with van der Waals surface area (Å²) in [6, 6.07) is 18.9. The van der Waals surface area contributed by atoms with E-state index in [9.17, 15) is 14.4 Å². The Morgan fingerprint density at radius 3 is 2.40 bits per heavy atom. The molecule has 0 spiro atoms. The highest BCUT2D eigenvalue weighted by atomic mass is 16.2. The van der Waals surface area contributed by atoms with Gasteiger partial charge in [0.05, 0.1) is 6.54 Å². The molecule has 0 aliphatic rings. The standard InChI is InChI=1S/C23H24N4O3/c1-3-26(4-2)23(30)18-11-8-12-19(15-18)24-22(29)20-13-14-21(28)27(25-20)16-17-9-6-5-7-10-17/h5-15H,3-4,16H2,1-2H3,(H,24,29). The van der Waals surface area contributed by atoms with Crippen LogP contribution in [0.2, 0.25) is 0 Å². The molecule has 1 N–H and O–H groups in total. The number of benzene rings is 2. The molecule has 0 atom stereocenters. The van der Waals surface area contributed by atoms with Gasteiger partial charge in [0.25, 0.3) is 17.4 Å². The zero-order chi connectivity index (χ0) is 21.5. The van der Waals surface area contributed by atoms with Crippen LogP contribution in [0.1, 0.15) is 40.3 Å². The van der Waals surface area contributed by atoms with E-state index in [1.54, 1.807) is 29.2 Å². The molecule has 0 radical (unpaired) electrons. The first-order chi connectivity index (χ1) is 14.5. The first-order valence-electron chi connectivity index (χ1n) is 9.84. The van der Waals surface area contributed by atoms with Crippen molar-refractivity contribution in [2.45, 2.75) is 20.4 Å². The van der Waals surface area contributed by atoms with Gasteiger partial charge in [-0.25, -0.2) is 4.68 Å². The van der Waals surface area contributed by atoms with Gasteiger partial charge in [0, 0.05) is 30.4 Å². The molecule has 1 aromatic heterocycles. The number of amides is 2. The zero-order valence-corrected chi connectivity index (χ0v) is 17.0. The summed E-state index contributed by atoms with van der Waals surface area (Å²) in [5.74, 6) is -0.546. The lowest BCUT2D eigenvalue weighted by Gasteiger charge is -2.19. The van der Waals surface area contributed by atoms with E-state index in [0.29, 0.717) is 24.3 Å². The summed E-state index contributed by atoms with van der Waals surface area (Å²) in [5.41, 5.74) is 1.72. The van der Waals surface area contributed by atoms with E-state index in [2.05, 4.69) is 10.4 Å². The Morgan fingerprint density at radius 2 is 1.70 bits per heavy atom. The fraction of sp³-hybridized carbons (Fsp3) is 0.217. The van der Waals surface area contributed by atoms with Crippen LogP contribution in [0.5, 0.6) is 0 Å². The minimum atomic E-state index is -0.454. The number of hydrogen-bond acceptors (Lipinski definition) is 4. The molecular formula is C23H24N4O3. The third kappa shape index (κ3) is 5.00. The second-order valence-corrected chi connectivity index (χ2v) is 6.71. The van der Waals surface area contributed by atoms with Crippen molar-refractivity contribution in [1.29, 1.82) is 0 Å². The maximum absolute atomic E-state index is 12.7. The molecule has 2 aromatic carbocycles. The van der Waals surface area contributed by atoms with Gasteiger partial charge >= 0.3 is 0 Å². The van der Waals surface area contributed by atoms with E-state index in [1.165, 1.54) is 16.8 Å². The molecule has 0 aliphatic heterocycles. The molecule has 0 aliphatic carbocycles. The number of hydrogen-bond donors (Lipinski definition) is 1. The van der Waals surface area contributed by atoms with Gasteiger partial charge in [-0.2, -0.15) is 5.10 Å². The first kappa shape index (κ1) is 21.0. The Bertz CT molecular complexity index is 1090. The van der Waals surface area contributed by atoms with E-state index in [0.717, 1.165) is 5.56 Å². The summed E-state index contributed by atoms with van der Waals surface area (Å²) < 4.78 is 1.25. The lowest BCUT2D eigenvalue weighted by atomic mass is 10.1. The summed E-state index contributed by atoms with van der Waals surface area (Å²) >= 11 is 0. The maximum Gasteiger partial charge on any atom is 0.276 e. The maximum atomic E-state index is 12.7. The second kappa shape index (κ2) is 9.65. The van der Waals surface area contributed by atoms with E-state index in [-0.39, 0.29) is 23.7 Å². The Balaban J connectivity index is 1.78. The van der Waals surface area contributed by atoms with Crippen molar-refractivity contribution in [3.63, 3.8) is 0 Å². The monoisotopic (exact) mass is 404 g/mol. The molecule has 2 amide bonds. The van der Waals surface area contributed by atoms with Gasteiger partial charge in [0.15, 0.2) is 0 Å². The number of carbonyl (C=O) groups is 2. The normalized spacial score (nSPS) is 10.5. The summed E-state index contributed by atoms with van der Waals surface area (Å²) in [6.45, 7) is 5.33. The Hall–Kier alpha value is -3.74. The van der Waals surface area contributed by atoms with Crippen LogP contribution in [0.4, 0.5) is 5.69 Å². The smallest absolute Gasteiger partial charge is 0.276 e. The Kier molecular flexibility index (Phi) is 6.75. The van der Waals surface area contributed by atoms with Crippen LogP contribution in [0.15, 0.2) is 71.5 Å². The van der Waals surface area contributed by atoms with Gasteiger partial charge in [-0.15, -0.1) is 0 Å². The van der Waals surface area contributed by atoms with E-state index in [1.807, 2.05) is 44.2 Å². The Labute approximate surface area is 175 Å². The Morgan fingerprint density at radius 1 is 0.967 bits per heavy atom. The first-order valence-corrected chi connectivity index (χ1v) is 9.84. The largest absolute Gasteiger partial charge is 0.339 e. The average molecular weight is 404 g/mol. The molecule has 1 heterocycles. The highest BCUT2D eigenvalue weighted by molar-refractivity contribution is 6.03. The van der Waals surface area contributed by atoms with Crippen molar-refractivity contribution in [3.8, 4) is 0 Å². The van der Waals surface area contributed by atoms with Crippen LogP contribution in [0.3, 0.4) is 0 Å². The van der Waals surface area contributed by atoms with Crippen molar-refractivity contribution in [3.05, 3.63) is 93.9 Å². The van der Waals surface area contributed by atoms with E-state index >= 15 is 0 Å². The SMILES string of the molecule is CCN(CC)C(=O)c1cccc(NC(=O)c2ccc(=O)n(Cc3ccccc3)n2)c1. The molecule has 0 unspecified atom stereocenters. The molecule has 30 heavy (non-hydrogen) atoms. The average Bonchev–Trinajstić information content (AvgIpc) is 2.77. The predicted molar refractivity (Wildman–Crippen MR) is 116 cm³/mol. The molecule has 0 fully saturated rings. The van der Waals surface area contributed by atoms with Gasteiger partial charge in [-0.3, -0.25) is 14.4 Å². The van der Waals surface area contributed by atoms with Gasteiger partial charge in [0.1, 0.15) is 5.69 Å². The van der Waals surface area contributed by atoms with Crippen molar-refractivity contribution < 1.29 is 9.59 Å². The minimum absolute atomic E-state index is 0.0920. The van der Waals surface area contributed by atoms with Crippen LogP contribution in [0.25, 0.3) is 0 Å². The van der Waals surface area contributed by atoms with Crippen LogP contribution >= 0.6 is 0 Å². The molecule has 0 saturated heterocycles. The molecule has 0 bridgehead atoms. The molecular weight excluding hydrogens is 380 g/mol. The fourth-order valence-corrected chi connectivity index (χ4v) is 3.06. The number of carbonyl (C=O) groups excluding carboxylic acids is 2. The van der Waals surface area contributed by atoms with Gasteiger partial charge in [-0.05, 0) is 43.7 Å². The van der Waals surface area contributed by atoms with Crippen LogP contribution in [0, 0.1) is 0 Å². The summed E-state index contributed by atoms with van der Waals surface area (Å²) in [6.07, 6.45) is 0. The lowest BCUT2D eigenvalue weighted by molar-refractivity contribution is 0.0772. The van der Waals surface area contributed by atoms with Crippen LogP contribution in [-0.2, 0) is 6.54 Å². The minimum Gasteiger partial charge on any atom is -0.339 e. The lowest BCUT2D eigenvalue weighted by Crippen LogP contribution is -2.30. The summed E-state index contributed by atoms with van der Waals surface area (Å²) in [4.78, 5) is 39.0. The topological polar surface area (TPSA) is 84.3 Å². The van der Waals surface area contributed by atoms with E-state index in [4.69, 9.17) is 0 Å². The number of rotatable bonds is 7. The predicted octanol–water partition coefficient (Wildman–Crippen LogP) is 3.03. The molecule has 3 aromatic rings. The molecule has 7 nitrogen and oxygen atoms in total. The van der Waals surface area contributed by atoms with Crippen molar-refractivity contribution in [1.82, 2.24) is 14.7 Å². The van der Waals surface area contributed by atoms with Crippen molar-refractivity contribution in [2.24, 2.45) is 0 Å². The number of nitrogens with zero attached hydrogens (tertiary/aromatic N) is 3. The highest BCUT2D eigenvalue weighted by Gasteiger charge is 2.15. The molecule has 0 saturated carbocycles. The zero-order valence-electron chi connectivity index (χ0n) is 17.0. The summed E-state index contributed by atoms with van der Waals surface area (Å²) in [7, 11) is 0. The molecule has 3 rings (SSSR count). The van der Waals surface area contributed by atoms with Crippen molar-refractivity contribution >= 4 is 17.5 Å². The molecule has 154 valence electrons. The quantitative estimate of drug-likeness (QED) is 0.656. The number of nitrogens with one attached hydrogen (secondary N) is 1. The second-order valence-electron chi connectivity index (χ2n) is 6.71. The van der Waals surface area contributed by atoms with Crippen LogP contribution in [-0.4, -0.2) is 39.6 Å². The van der Waals surface area contributed by atoms with E-state index < -0.39 is 5.91 Å². The third-order valence-electron chi connectivity index (χ3n) is 4.69. The summed E-state index contributed by atoms with van der Waals surface area (Å²) in [5, 5.41) is 6.94. The van der Waals surface area contributed by atoms with Gasteiger partial charge < -0.3 is 10.2 Å².